The van der Waals surface area contributed by atoms with Gasteiger partial charge in [0.1, 0.15) is 11.4 Å². The second-order valence-corrected chi connectivity index (χ2v) is 5.03. The largest absolute Gasteiger partial charge is 0.384 e. The molecule has 106 valence electrons. The lowest BCUT2D eigenvalue weighted by molar-refractivity contribution is -0.0469. The second kappa shape index (κ2) is 5.20. The Hall–Kier alpha value is -1.95. The highest BCUT2D eigenvalue weighted by molar-refractivity contribution is 5.53. The van der Waals surface area contributed by atoms with Crippen molar-refractivity contribution in [3.05, 3.63) is 24.2 Å². The molecular formula is C14H18N4O2. The van der Waals surface area contributed by atoms with Gasteiger partial charge in [-0.1, -0.05) is 5.16 Å². The molecule has 20 heavy (non-hydrogen) atoms. The molecule has 0 amide bonds. The standard InChI is InChI=1S/C14H18N4O2/c1-2-19-14(7-3-4-8-14)13-17-12(20-18-13)10-5-6-11(15)16-9-10/h5-6,9H,2-4,7-8H2,1H3,(H2,15,16). The topological polar surface area (TPSA) is 87.1 Å². The molecule has 0 unspecified atom stereocenters. The lowest BCUT2D eigenvalue weighted by Crippen LogP contribution is -2.27. The Balaban J connectivity index is 1.91. The van der Waals surface area contributed by atoms with Crippen molar-refractivity contribution in [2.45, 2.75) is 38.2 Å². The number of aromatic nitrogens is 3. The summed E-state index contributed by atoms with van der Waals surface area (Å²) in [5, 5.41) is 4.12. The van der Waals surface area contributed by atoms with Crippen LogP contribution in [0.5, 0.6) is 0 Å². The minimum absolute atomic E-state index is 0.377. The van der Waals surface area contributed by atoms with Gasteiger partial charge in [0, 0.05) is 12.8 Å². The Bertz CT molecular complexity index is 573. The SMILES string of the molecule is CCOC1(c2noc(-c3ccc(N)nc3)n2)CCCC1. The summed E-state index contributed by atoms with van der Waals surface area (Å²) in [7, 11) is 0. The van der Waals surface area contributed by atoms with E-state index < -0.39 is 0 Å². The summed E-state index contributed by atoms with van der Waals surface area (Å²) in [4.78, 5) is 8.53. The Labute approximate surface area is 117 Å². The number of anilines is 1. The highest BCUT2D eigenvalue weighted by atomic mass is 16.5. The van der Waals surface area contributed by atoms with Crippen LogP contribution in [0.3, 0.4) is 0 Å². The van der Waals surface area contributed by atoms with E-state index in [-0.39, 0.29) is 5.60 Å². The summed E-state index contributed by atoms with van der Waals surface area (Å²) < 4.78 is 11.3. The van der Waals surface area contributed by atoms with Crippen molar-refractivity contribution >= 4 is 5.82 Å². The van der Waals surface area contributed by atoms with Crippen LogP contribution in [0.15, 0.2) is 22.9 Å². The van der Waals surface area contributed by atoms with E-state index in [1.165, 1.54) is 0 Å². The summed E-state index contributed by atoms with van der Waals surface area (Å²) in [6.07, 6.45) is 5.79. The molecule has 1 aliphatic rings. The van der Waals surface area contributed by atoms with E-state index in [0.29, 0.717) is 24.1 Å². The summed E-state index contributed by atoms with van der Waals surface area (Å²) in [5.74, 6) is 1.57. The van der Waals surface area contributed by atoms with Crippen LogP contribution in [0, 0.1) is 0 Å². The molecule has 0 atom stereocenters. The van der Waals surface area contributed by atoms with Gasteiger partial charge >= 0.3 is 0 Å². The van der Waals surface area contributed by atoms with Crippen LogP contribution in [-0.2, 0) is 10.3 Å². The van der Waals surface area contributed by atoms with Crippen molar-refractivity contribution in [1.29, 1.82) is 0 Å². The van der Waals surface area contributed by atoms with Crippen LogP contribution in [0.4, 0.5) is 5.82 Å². The minimum Gasteiger partial charge on any atom is -0.384 e. The van der Waals surface area contributed by atoms with E-state index in [0.717, 1.165) is 31.2 Å². The van der Waals surface area contributed by atoms with E-state index in [2.05, 4.69) is 15.1 Å². The van der Waals surface area contributed by atoms with Gasteiger partial charge in [-0.05, 0) is 44.7 Å². The summed E-state index contributed by atoms with van der Waals surface area (Å²) >= 11 is 0. The lowest BCUT2D eigenvalue weighted by atomic mass is 10.0. The highest BCUT2D eigenvalue weighted by Crippen LogP contribution is 2.41. The average molecular weight is 274 g/mol. The van der Waals surface area contributed by atoms with Crippen molar-refractivity contribution in [2.75, 3.05) is 12.3 Å². The zero-order valence-corrected chi connectivity index (χ0v) is 11.5. The van der Waals surface area contributed by atoms with Gasteiger partial charge in [0.15, 0.2) is 0 Å². The fourth-order valence-electron chi connectivity index (χ4n) is 2.71. The number of pyridine rings is 1. The summed E-state index contributed by atoms with van der Waals surface area (Å²) in [6.45, 7) is 2.64. The molecule has 6 heteroatoms. The third-order valence-corrected chi connectivity index (χ3v) is 3.70. The maximum absolute atomic E-state index is 5.92. The van der Waals surface area contributed by atoms with E-state index in [4.69, 9.17) is 15.0 Å². The van der Waals surface area contributed by atoms with Crippen molar-refractivity contribution in [3.8, 4) is 11.5 Å². The molecule has 1 aliphatic carbocycles. The van der Waals surface area contributed by atoms with E-state index in [1.807, 2.05) is 13.0 Å². The first-order valence-electron chi connectivity index (χ1n) is 6.93. The molecule has 6 nitrogen and oxygen atoms in total. The number of nitrogens with two attached hydrogens (primary N) is 1. The van der Waals surface area contributed by atoms with Crippen LogP contribution in [0.2, 0.25) is 0 Å². The minimum atomic E-state index is -0.377. The lowest BCUT2D eigenvalue weighted by Gasteiger charge is -2.24. The number of nitrogen functional groups attached to an aromatic ring is 1. The molecule has 2 heterocycles. The maximum atomic E-state index is 5.92. The molecule has 1 saturated carbocycles. The van der Waals surface area contributed by atoms with E-state index in [9.17, 15) is 0 Å². The molecule has 0 radical (unpaired) electrons. The van der Waals surface area contributed by atoms with Crippen LogP contribution in [0.25, 0.3) is 11.5 Å². The Morgan fingerprint density at radius 3 is 2.80 bits per heavy atom. The molecule has 3 rings (SSSR count). The Morgan fingerprint density at radius 1 is 1.35 bits per heavy atom. The number of hydrogen-bond acceptors (Lipinski definition) is 6. The zero-order valence-electron chi connectivity index (χ0n) is 11.5. The van der Waals surface area contributed by atoms with Gasteiger partial charge in [0.05, 0.1) is 5.56 Å². The van der Waals surface area contributed by atoms with Crippen LogP contribution in [0.1, 0.15) is 38.4 Å². The van der Waals surface area contributed by atoms with Crippen molar-refractivity contribution in [1.82, 2.24) is 15.1 Å². The number of ether oxygens (including phenoxy) is 1. The Kier molecular flexibility index (Phi) is 3.40. The van der Waals surface area contributed by atoms with Gasteiger partial charge in [-0.15, -0.1) is 0 Å². The fourth-order valence-corrected chi connectivity index (χ4v) is 2.71. The molecule has 0 aromatic carbocycles. The first kappa shape index (κ1) is 13.1. The molecular weight excluding hydrogens is 256 g/mol. The number of nitrogens with zero attached hydrogens (tertiary/aromatic N) is 3. The second-order valence-electron chi connectivity index (χ2n) is 5.03. The van der Waals surface area contributed by atoms with Gasteiger partial charge in [-0.3, -0.25) is 0 Å². The first-order valence-corrected chi connectivity index (χ1v) is 6.93. The molecule has 0 spiro atoms. The van der Waals surface area contributed by atoms with Gasteiger partial charge in [-0.25, -0.2) is 4.98 Å². The normalized spacial score (nSPS) is 17.4. The zero-order chi connectivity index (χ0) is 14.0. The third-order valence-electron chi connectivity index (χ3n) is 3.70. The average Bonchev–Trinajstić information content (AvgIpc) is 3.09. The number of rotatable bonds is 4. The number of hydrogen-bond donors (Lipinski definition) is 1. The van der Waals surface area contributed by atoms with Crippen LogP contribution >= 0.6 is 0 Å². The Morgan fingerprint density at radius 2 is 2.15 bits per heavy atom. The van der Waals surface area contributed by atoms with Gasteiger partial charge in [0.2, 0.25) is 5.82 Å². The summed E-state index contributed by atoms with van der Waals surface area (Å²) in [5.41, 5.74) is 5.96. The van der Waals surface area contributed by atoms with Crippen molar-refractivity contribution < 1.29 is 9.26 Å². The van der Waals surface area contributed by atoms with E-state index in [1.54, 1.807) is 12.3 Å². The molecule has 0 saturated heterocycles. The first-order chi connectivity index (χ1) is 9.73. The van der Waals surface area contributed by atoms with Crippen molar-refractivity contribution in [3.63, 3.8) is 0 Å². The van der Waals surface area contributed by atoms with Gasteiger partial charge < -0.3 is 15.0 Å². The smallest absolute Gasteiger partial charge is 0.259 e. The van der Waals surface area contributed by atoms with Crippen LogP contribution in [-0.4, -0.2) is 21.7 Å². The van der Waals surface area contributed by atoms with Gasteiger partial charge in [0.25, 0.3) is 5.89 Å². The maximum Gasteiger partial charge on any atom is 0.259 e. The van der Waals surface area contributed by atoms with Crippen LogP contribution < -0.4 is 5.73 Å². The van der Waals surface area contributed by atoms with Gasteiger partial charge in [-0.2, -0.15) is 4.98 Å². The molecule has 1 fully saturated rings. The van der Waals surface area contributed by atoms with E-state index >= 15 is 0 Å². The molecule has 2 N–H and O–H groups in total. The summed E-state index contributed by atoms with van der Waals surface area (Å²) in [6, 6.07) is 3.54. The predicted molar refractivity (Wildman–Crippen MR) is 73.7 cm³/mol. The molecule has 0 bridgehead atoms. The molecule has 0 aliphatic heterocycles. The monoisotopic (exact) mass is 274 g/mol. The highest BCUT2D eigenvalue weighted by Gasteiger charge is 2.40. The predicted octanol–water partition coefficient (Wildman–Crippen LogP) is 2.52. The quantitative estimate of drug-likeness (QED) is 0.921. The fraction of sp³-hybridized carbons (Fsp3) is 0.500. The molecule has 2 aromatic heterocycles. The van der Waals surface area contributed by atoms with Crippen molar-refractivity contribution in [2.24, 2.45) is 0 Å². The third kappa shape index (κ3) is 2.27. The molecule has 2 aromatic rings.